The van der Waals surface area contributed by atoms with Crippen LogP contribution in [0.3, 0.4) is 0 Å². The van der Waals surface area contributed by atoms with Gasteiger partial charge in [-0.3, -0.25) is 4.68 Å². The molecule has 154 valence electrons. The Kier molecular flexibility index (Phi) is 6.99. The van der Waals surface area contributed by atoms with Gasteiger partial charge in [-0.15, -0.1) is 0 Å². The number of nitrogens with two attached hydrogens (primary N) is 1. The minimum absolute atomic E-state index is 0.326. The predicted molar refractivity (Wildman–Crippen MR) is 118 cm³/mol. The van der Waals surface area contributed by atoms with Crippen molar-refractivity contribution in [3.05, 3.63) is 34.8 Å². The number of hydrogen-bond acceptors (Lipinski definition) is 7. The molecule has 9 heteroatoms. The van der Waals surface area contributed by atoms with Crippen molar-refractivity contribution in [2.75, 3.05) is 29.6 Å². The van der Waals surface area contributed by atoms with Crippen molar-refractivity contribution in [3.63, 3.8) is 0 Å². The SMILES string of the molecule is CCc1nn2c(N)c(C#N)c(NCCc3ccn(CCCSC)n3)nc2c1CC. The van der Waals surface area contributed by atoms with Crippen LogP contribution in [-0.4, -0.2) is 42.9 Å². The number of anilines is 2. The highest BCUT2D eigenvalue weighted by molar-refractivity contribution is 7.98. The van der Waals surface area contributed by atoms with Crippen LogP contribution in [0.25, 0.3) is 5.65 Å². The van der Waals surface area contributed by atoms with Crippen molar-refractivity contribution in [3.8, 4) is 6.07 Å². The van der Waals surface area contributed by atoms with E-state index in [9.17, 15) is 5.26 Å². The Morgan fingerprint density at radius 2 is 2.10 bits per heavy atom. The van der Waals surface area contributed by atoms with E-state index in [1.165, 1.54) is 0 Å². The van der Waals surface area contributed by atoms with Gasteiger partial charge in [0.15, 0.2) is 5.65 Å². The molecule has 0 aromatic carbocycles. The first-order valence-corrected chi connectivity index (χ1v) is 11.4. The first kappa shape index (κ1) is 21.0. The highest BCUT2D eigenvalue weighted by atomic mass is 32.2. The second-order valence-electron chi connectivity index (χ2n) is 6.79. The number of aryl methyl sites for hydroxylation is 3. The van der Waals surface area contributed by atoms with Crippen LogP contribution in [0.1, 0.15) is 42.8 Å². The van der Waals surface area contributed by atoms with E-state index in [2.05, 4.69) is 41.7 Å². The zero-order chi connectivity index (χ0) is 20.8. The van der Waals surface area contributed by atoms with Gasteiger partial charge in [0.05, 0.1) is 11.4 Å². The van der Waals surface area contributed by atoms with Crippen LogP contribution in [0, 0.1) is 11.3 Å². The molecule has 0 aliphatic heterocycles. The molecule has 0 aliphatic carbocycles. The summed E-state index contributed by atoms with van der Waals surface area (Å²) >= 11 is 1.85. The second kappa shape index (κ2) is 9.65. The summed E-state index contributed by atoms with van der Waals surface area (Å²) < 4.78 is 3.58. The third kappa shape index (κ3) is 4.48. The van der Waals surface area contributed by atoms with Crippen molar-refractivity contribution in [1.82, 2.24) is 24.4 Å². The van der Waals surface area contributed by atoms with Crippen LogP contribution in [0.5, 0.6) is 0 Å². The number of thioether (sulfide) groups is 1. The molecule has 3 aromatic rings. The molecule has 0 saturated carbocycles. The van der Waals surface area contributed by atoms with Gasteiger partial charge in [0.1, 0.15) is 23.3 Å². The lowest BCUT2D eigenvalue weighted by Crippen LogP contribution is -2.13. The van der Waals surface area contributed by atoms with Gasteiger partial charge in [-0.05, 0) is 37.3 Å². The number of nitrogens with one attached hydrogen (secondary N) is 1. The van der Waals surface area contributed by atoms with E-state index in [1.807, 2.05) is 28.7 Å². The Morgan fingerprint density at radius 3 is 2.79 bits per heavy atom. The maximum Gasteiger partial charge on any atom is 0.163 e. The molecule has 0 saturated heterocycles. The molecule has 0 aliphatic rings. The summed E-state index contributed by atoms with van der Waals surface area (Å²) in [6, 6.07) is 4.21. The normalized spacial score (nSPS) is 11.1. The van der Waals surface area contributed by atoms with E-state index >= 15 is 0 Å². The molecule has 3 rings (SSSR count). The minimum Gasteiger partial charge on any atom is -0.382 e. The van der Waals surface area contributed by atoms with Crippen molar-refractivity contribution in [2.45, 2.75) is 46.1 Å². The van der Waals surface area contributed by atoms with Crippen molar-refractivity contribution in [2.24, 2.45) is 0 Å². The fourth-order valence-corrected chi connectivity index (χ4v) is 3.80. The molecule has 8 nitrogen and oxygen atoms in total. The molecular weight excluding hydrogens is 384 g/mol. The van der Waals surface area contributed by atoms with E-state index in [4.69, 9.17) is 10.7 Å². The fraction of sp³-hybridized carbons (Fsp3) is 0.500. The van der Waals surface area contributed by atoms with Gasteiger partial charge in [0.25, 0.3) is 0 Å². The van der Waals surface area contributed by atoms with Crippen LogP contribution >= 0.6 is 11.8 Å². The first-order valence-electron chi connectivity index (χ1n) is 9.98. The Morgan fingerprint density at radius 1 is 1.28 bits per heavy atom. The number of nitriles is 1. The van der Waals surface area contributed by atoms with Gasteiger partial charge in [-0.2, -0.15) is 31.7 Å². The summed E-state index contributed by atoms with van der Waals surface area (Å²) in [6.45, 7) is 5.69. The molecule has 0 fully saturated rings. The lowest BCUT2D eigenvalue weighted by atomic mass is 10.1. The quantitative estimate of drug-likeness (QED) is 0.493. The molecule has 3 N–H and O–H groups in total. The number of aromatic nitrogens is 5. The van der Waals surface area contributed by atoms with Crippen LogP contribution in [0.15, 0.2) is 12.3 Å². The first-order chi connectivity index (χ1) is 14.1. The molecule has 0 bridgehead atoms. The lowest BCUT2D eigenvalue weighted by Gasteiger charge is -2.10. The molecule has 29 heavy (non-hydrogen) atoms. The Labute approximate surface area is 175 Å². The van der Waals surface area contributed by atoms with Gasteiger partial charge in [0, 0.05) is 31.3 Å². The number of rotatable bonds is 10. The van der Waals surface area contributed by atoms with Crippen LogP contribution in [-0.2, 0) is 25.8 Å². The molecule has 0 amide bonds. The van der Waals surface area contributed by atoms with Gasteiger partial charge in [-0.25, -0.2) is 4.98 Å². The third-order valence-corrected chi connectivity index (χ3v) is 5.58. The van der Waals surface area contributed by atoms with E-state index in [-0.39, 0.29) is 0 Å². The van der Waals surface area contributed by atoms with E-state index < -0.39 is 0 Å². The van der Waals surface area contributed by atoms with Crippen molar-refractivity contribution < 1.29 is 0 Å². The Hall–Kier alpha value is -2.73. The largest absolute Gasteiger partial charge is 0.382 e. The number of nitrogen functional groups attached to an aromatic ring is 1. The van der Waals surface area contributed by atoms with E-state index in [0.717, 1.165) is 60.6 Å². The molecule has 0 unspecified atom stereocenters. The van der Waals surface area contributed by atoms with E-state index in [0.29, 0.717) is 23.7 Å². The van der Waals surface area contributed by atoms with Gasteiger partial charge < -0.3 is 11.1 Å². The topological polar surface area (TPSA) is 110 Å². The zero-order valence-electron chi connectivity index (χ0n) is 17.3. The summed E-state index contributed by atoms with van der Waals surface area (Å²) in [6.07, 6.45) is 7.61. The minimum atomic E-state index is 0.326. The molecule has 3 aromatic heterocycles. The van der Waals surface area contributed by atoms with E-state index in [1.54, 1.807) is 4.52 Å². The zero-order valence-corrected chi connectivity index (χ0v) is 18.1. The van der Waals surface area contributed by atoms with Gasteiger partial charge in [-0.1, -0.05) is 13.8 Å². The highest BCUT2D eigenvalue weighted by Crippen LogP contribution is 2.25. The molecule has 0 atom stereocenters. The second-order valence-corrected chi connectivity index (χ2v) is 7.78. The monoisotopic (exact) mass is 412 g/mol. The molecule has 0 spiro atoms. The lowest BCUT2D eigenvalue weighted by molar-refractivity contribution is 0.598. The smallest absolute Gasteiger partial charge is 0.163 e. The average Bonchev–Trinajstić information content (AvgIpc) is 3.32. The third-order valence-electron chi connectivity index (χ3n) is 4.88. The molecule has 0 radical (unpaired) electrons. The van der Waals surface area contributed by atoms with Crippen molar-refractivity contribution >= 4 is 29.0 Å². The van der Waals surface area contributed by atoms with Crippen LogP contribution < -0.4 is 11.1 Å². The average molecular weight is 413 g/mol. The molecule has 3 heterocycles. The van der Waals surface area contributed by atoms with Crippen LogP contribution in [0.2, 0.25) is 0 Å². The van der Waals surface area contributed by atoms with Crippen LogP contribution in [0.4, 0.5) is 11.6 Å². The summed E-state index contributed by atoms with van der Waals surface area (Å²) in [5.74, 6) is 1.97. The maximum absolute atomic E-state index is 9.60. The Bertz CT molecular complexity index is 1010. The summed E-state index contributed by atoms with van der Waals surface area (Å²) in [5.41, 5.74) is 10.4. The van der Waals surface area contributed by atoms with Gasteiger partial charge in [0.2, 0.25) is 0 Å². The number of nitrogens with zero attached hydrogens (tertiary/aromatic N) is 6. The van der Waals surface area contributed by atoms with Crippen molar-refractivity contribution in [1.29, 1.82) is 5.26 Å². The predicted octanol–water partition coefficient (Wildman–Crippen LogP) is 2.91. The van der Waals surface area contributed by atoms with Gasteiger partial charge >= 0.3 is 0 Å². The summed E-state index contributed by atoms with van der Waals surface area (Å²) in [7, 11) is 0. The standard InChI is InChI=1S/C20H28N8S/c1-4-15-17(5-2)26-28-18(22)16(13-21)19(24-20(15)28)23-9-7-14-8-11-27(25-14)10-6-12-29-3/h8,11H,4-7,9-10,12,22H2,1-3H3,(H,23,24). The highest BCUT2D eigenvalue weighted by Gasteiger charge is 2.19. The fourth-order valence-electron chi connectivity index (χ4n) is 3.38. The maximum atomic E-state index is 9.60. The summed E-state index contributed by atoms with van der Waals surface area (Å²) in [5, 5.41) is 22.0. The molecular formula is C20H28N8S. The number of fused-ring (bicyclic) bond motifs is 1. The Balaban J connectivity index is 1.75. The number of hydrogen-bond donors (Lipinski definition) is 2. The summed E-state index contributed by atoms with van der Waals surface area (Å²) in [4.78, 5) is 4.69.